The molecule has 1 aliphatic carbocycles. The fourth-order valence-electron chi connectivity index (χ4n) is 3.72. The molecule has 0 unspecified atom stereocenters. The molecule has 0 bridgehead atoms. The van der Waals surface area contributed by atoms with Gasteiger partial charge in [0.25, 0.3) is 10.1 Å². The minimum atomic E-state index is -3.29. The minimum Gasteiger partial charge on any atom is -0.303 e. The molecule has 1 heterocycles. The van der Waals surface area contributed by atoms with E-state index in [0.717, 1.165) is 18.6 Å². The Labute approximate surface area is 124 Å². The highest BCUT2D eigenvalue weighted by Crippen LogP contribution is 2.53. The van der Waals surface area contributed by atoms with E-state index in [2.05, 4.69) is 18.7 Å². The molecule has 0 aromatic rings. The molecule has 2 fully saturated rings. The third-order valence-corrected chi connectivity index (χ3v) is 5.96. The van der Waals surface area contributed by atoms with E-state index in [1.807, 2.05) is 0 Å². The molecule has 0 N–H and O–H groups in total. The minimum absolute atomic E-state index is 0.318. The maximum absolute atomic E-state index is 11.0. The first-order valence-corrected chi connectivity index (χ1v) is 9.67. The second-order valence-corrected chi connectivity index (χ2v) is 8.77. The Morgan fingerprint density at radius 3 is 2.35 bits per heavy atom. The molecule has 1 aliphatic heterocycles. The third kappa shape index (κ3) is 4.18. The molecule has 118 valence electrons. The van der Waals surface area contributed by atoms with Gasteiger partial charge in [0.15, 0.2) is 0 Å². The van der Waals surface area contributed by atoms with Gasteiger partial charge < -0.3 is 4.90 Å². The Hall–Kier alpha value is -0.130. The van der Waals surface area contributed by atoms with Gasteiger partial charge in [-0.25, -0.2) is 0 Å². The lowest BCUT2D eigenvalue weighted by molar-refractivity contribution is -0.0511. The fraction of sp³-hybridized carbons (Fsp3) is 1.00. The Balaban J connectivity index is 1.73. The number of rotatable bonds is 6. The van der Waals surface area contributed by atoms with Crippen LogP contribution in [0.25, 0.3) is 0 Å². The van der Waals surface area contributed by atoms with Crippen molar-refractivity contribution in [3.05, 3.63) is 0 Å². The lowest BCUT2D eigenvalue weighted by atomic mass is 9.53. The molecule has 0 spiro atoms. The molecule has 2 aliphatic rings. The molecule has 1 saturated heterocycles. The SMILES string of the molecule is CC1(C)[C@@H](CCOS(C)(=O)=O)C[C@H]1CN1CCCCC1. The summed E-state index contributed by atoms with van der Waals surface area (Å²) in [7, 11) is -3.29. The average Bonchev–Trinajstić information content (AvgIpc) is 2.36. The van der Waals surface area contributed by atoms with Crippen molar-refractivity contribution in [2.75, 3.05) is 32.5 Å². The van der Waals surface area contributed by atoms with Gasteiger partial charge in [0.2, 0.25) is 0 Å². The highest BCUT2D eigenvalue weighted by molar-refractivity contribution is 7.85. The number of piperidine rings is 1. The number of likely N-dealkylation sites (tertiary alicyclic amines) is 1. The maximum atomic E-state index is 11.0. The largest absolute Gasteiger partial charge is 0.303 e. The van der Waals surface area contributed by atoms with Gasteiger partial charge in [-0.3, -0.25) is 4.18 Å². The second kappa shape index (κ2) is 6.32. The molecule has 4 nitrogen and oxygen atoms in total. The van der Waals surface area contributed by atoms with Crippen molar-refractivity contribution in [2.24, 2.45) is 17.3 Å². The molecule has 1 saturated carbocycles. The molecule has 5 heteroatoms. The van der Waals surface area contributed by atoms with E-state index >= 15 is 0 Å². The van der Waals surface area contributed by atoms with Crippen molar-refractivity contribution in [3.8, 4) is 0 Å². The Bertz CT molecular complexity index is 413. The molecular formula is C15H29NO3S. The predicted octanol–water partition coefficient (Wildman–Crippen LogP) is 2.50. The summed E-state index contributed by atoms with van der Waals surface area (Å²) in [6.07, 6.45) is 7.28. The van der Waals surface area contributed by atoms with Crippen molar-refractivity contribution >= 4 is 10.1 Å². The van der Waals surface area contributed by atoms with E-state index in [-0.39, 0.29) is 0 Å². The zero-order chi connectivity index (χ0) is 14.8. The van der Waals surface area contributed by atoms with Gasteiger partial charge in [0.1, 0.15) is 0 Å². The van der Waals surface area contributed by atoms with Crippen LogP contribution in [0.15, 0.2) is 0 Å². The number of hydrogen-bond acceptors (Lipinski definition) is 4. The van der Waals surface area contributed by atoms with Crippen molar-refractivity contribution in [3.63, 3.8) is 0 Å². The zero-order valence-corrected chi connectivity index (χ0v) is 13.9. The topological polar surface area (TPSA) is 46.6 Å². The summed E-state index contributed by atoms with van der Waals surface area (Å²) in [5.41, 5.74) is 0.318. The van der Waals surface area contributed by atoms with E-state index in [1.165, 1.54) is 45.3 Å². The second-order valence-electron chi connectivity index (χ2n) is 7.13. The first kappa shape index (κ1) is 16.2. The van der Waals surface area contributed by atoms with Gasteiger partial charge in [0, 0.05) is 6.54 Å². The summed E-state index contributed by atoms with van der Waals surface area (Å²) in [5.74, 6) is 1.35. The maximum Gasteiger partial charge on any atom is 0.264 e. The highest BCUT2D eigenvalue weighted by atomic mass is 32.2. The van der Waals surface area contributed by atoms with Crippen LogP contribution in [0.2, 0.25) is 0 Å². The van der Waals surface area contributed by atoms with Crippen LogP contribution in [0.3, 0.4) is 0 Å². The normalized spacial score (nSPS) is 30.9. The van der Waals surface area contributed by atoms with E-state index < -0.39 is 10.1 Å². The Kier molecular flexibility index (Phi) is 5.14. The summed E-state index contributed by atoms with van der Waals surface area (Å²) in [4.78, 5) is 2.61. The standard InChI is InChI=1S/C15H29NO3S/c1-15(2)13(7-10-19-20(3,17)18)11-14(15)12-16-8-5-4-6-9-16/h13-14H,4-12H2,1-3H3/t13-,14-/m0/s1. The van der Waals surface area contributed by atoms with Crippen LogP contribution in [0, 0.1) is 17.3 Å². The van der Waals surface area contributed by atoms with E-state index in [9.17, 15) is 8.42 Å². The van der Waals surface area contributed by atoms with Crippen LogP contribution in [0.1, 0.15) is 46.0 Å². The summed E-state index contributed by atoms with van der Waals surface area (Å²) >= 11 is 0. The van der Waals surface area contributed by atoms with Gasteiger partial charge >= 0.3 is 0 Å². The molecule has 0 aromatic carbocycles. The Morgan fingerprint density at radius 1 is 1.15 bits per heavy atom. The van der Waals surface area contributed by atoms with Crippen molar-refractivity contribution in [1.29, 1.82) is 0 Å². The van der Waals surface area contributed by atoms with Crippen LogP contribution >= 0.6 is 0 Å². The average molecular weight is 303 g/mol. The molecule has 2 rings (SSSR count). The lowest BCUT2D eigenvalue weighted by Crippen LogP contribution is -2.51. The van der Waals surface area contributed by atoms with E-state index in [1.54, 1.807) is 0 Å². The van der Waals surface area contributed by atoms with E-state index in [4.69, 9.17) is 4.18 Å². The first-order valence-electron chi connectivity index (χ1n) is 7.86. The van der Waals surface area contributed by atoms with Crippen LogP contribution in [0.5, 0.6) is 0 Å². The Morgan fingerprint density at radius 2 is 1.80 bits per heavy atom. The van der Waals surface area contributed by atoms with Gasteiger partial charge in [-0.1, -0.05) is 20.3 Å². The predicted molar refractivity (Wildman–Crippen MR) is 81.1 cm³/mol. The van der Waals surface area contributed by atoms with Gasteiger partial charge in [-0.2, -0.15) is 8.42 Å². The molecule has 2 atom stereocenters. The van der Waals surface area contributed by atoms with Crippen molar-refractivity contribution < 1.29 is 12.6 Å². The third-order valence-electron chi connectivity index (χ3n) is 5.36. The quantitative estimate of drug-likeness (QED) is 0.707. The lowest BCUT2D eigenvalue weighted by Gasteiger charge is -2.54. The first-order chi connectivity index (χ1) is 9.29. The van der Waals surface area contributed by atoms with Crippen molar-refractivity contribution in [2.45, 2.75) is 46.0 Å². The molecule has 0 radical (unpaired) electrons. The summed E-state index contributed by atoms with van der Waals surface area (Å²) in [6, 6.07) is 0. The van der Waals surface area contributed by atoms with Gasteiger partial charge in [-0.05, 0) is 56.0 Å². The number of hydrogen-bond donors (Lipinski definition) is 0. The summed E-state index contributed by atoms with van der Waals surface area (Å²) in [6.45, 7) is 8.73. The molecule has 0 amide bonds. The van der Waals surface area contributed by atoms with Crippen LogP contribution in [-0.2, 0) is 14.3 Å². The summed E-state index contributed by atoms with van der Waals surface area (Å²) in [5, 5.41) is 0. The summed E-state index contributed by atoms with van der Waals surface area (Å²) < 4.78 is 26.8. The molecule has 0 aromatic heterocycles. The van der Waals surface area contributed by atoms with Crippen molar-refractivity contribution in [1.82, 2.24) is 4.90 Å². The smallest absolute Gasteiger partial charge is 0.264 e. The van der Waals surface area contributed by atoms with Crippen LogP contribution in [0.4, 0.5) is 0 Å². The van der Waals surface area contributed by atoms with Gasteiger partial charge in [0.05, 0.1) is 12.9 Å². The van der Waals surface area contributed by atoms with Crippen LogP contribution in [-0.4, -0.2) is 45.8 Å². The fourth-order valence-corrected chi connectivity index (χ4v) is 4.12. The van der Waals surface area contributed by atoms with E-state index in [0.29, 0.717) is 17.9 Å². The zero-order valence-electron chi connectivity index (χ0n) is 13.1. The highest BCUT2D eigenvalue weighted by Gasteiger charge is 2.47. The van der Waals surface area contributed by atoms with Crippen LogP contribution < -0.4 is 0 Å². The monoisotopic (exact) mass is 303 g/mol. The number of nitrogens with zero attached hydrogens (tertiary/aromatic N) is 1. The molecule has 20 heavy (non-hydrogen) atoms. The molecular weight excluding hydrogens is 274 g/mol. The van der Waals surface area contributed by atoms with Gasteiger partial charge in [-0.15, -0.1) is 0 Å².